The fourth-order valence-corrected chi connectivity index (χ4v) is 0.995. The third-order valence-electron chi connectivity index (χ3n) is 1.64. The van der Waals surface area contributed by atoms with Gasteiger partial charge in [-0.1, -0.05) is 58.0 Å². The van der Waals surface area contributed by atoms with Crippen molar-refractivity contribution < 1.29 is 25.9 Å². The van der Waals surface area contributed by atoms with Gasteiger partial charge in [0.2, 0.25) is 0 Å². The van der Waals surface area contributed by atoms with Gasteiger partial charge in [-0.3, -0.25) is 4.79 Å². The molecule has 0 saturated carbocycles. The van der Waals surface area contributed by atoms with Crippen LogP contribution in [0.25, 0.3) is 5.73 Å². The molecule has 0 bridgehead atoms. The molecule has 114 valence electrons. The molecule has 2 N–H and O–H groups in total. The van der Waals surface area contributed by atoms with Crippen LogP contribution in [0.15, 0.2) is 60.7 Å². The summed E-state index contributed by atoms with van der Waals surface area (Å²) in [4.78, 5) is 10.2. The Morgan fingerprint density at radius 1 is 0.905 bits per heavy atom. The molecule has 0 aliphatic carbocycles. The first kappa shape index (κ1) is 24.4. The molecule has 3 nitrogen and oxygen atoms in total. The van der Waals surface area contributed by atoms with Crippen molar-refractivity contribution in [2.45, 2.75) is 27.7 Å². The van der Waals surface area contributed by atoms with Gasteiger partial charge < -0.3 is 11.1 Å². The van der Waals surface area contributed by atoms with Gasteiger partial charge in [-0.25, -0.2) is 0 Å². The summed E-state index contributed by atoms with van der Waals surface area (Å²) < 4.78 is 0. The Balaban J connectivity index is -0.000000255. The molecule has 4 heteroatoms. The van der Waals surface area contributed by atoms with Crippen LogP contribution in [0, 0.1) is 6.07 Å². The molecular formula is C17H24N2OW. The van der Waals surface area contributed by atoms with E-state index in [0.717, 1.165) is 0 Å². The van der Waals surface area contributed by atoms with Crippen molar-refractivity contribution in [1.82, 2.24) is 0 Å². The van der Waals surface area contributed by atoms with Crippen molar-refractivity contribution in [1.29, 1.82) is 0 Å². The summed E-state index contributed by atoms with van der Waals surface area (Å²) in [7, 11) is 0. The van der Waals surface area contributed by atoms with Crippen LogP contribution in [0.3, 0.4) is 0 Å². The summed E-state index contributed by atoms with van der Waals surface area (Å²) >= 11 is 0. The number of rotatable bonds is 1. The van der Waals surface area contributed by atoms with E-state index in [2.05, 4.69) is 11.4 Å². The number of para-hydroxylation sites is 1. The van der Waals surface area contributed by atoms with E-state index in [1.54, 1.807) is 24.3 Å². The second-order valence-corrected chi connectivity index (χ2v) is 2.90. The molecule has 2 aromatic carbocycles. The standard InChI is InChI=1S/C7H8N2O.C6H5.2C2H6.W/c8-7(10)9-6-4-2-1-3-5-6;1-2-4-6-5-3-1;2*1-2;/h1-5H,(H3,8,9,10);1-5H;2*1-2H3;/q;-1;;;+2/p-1. The molecule has 0 aliphatic rings. The van der Waals surface area contributed by atoms with Gasteiger partial charge in [0.1, 0.15) is 0 Å². The number of nitrogens with one attached hydrogen (secondary N) is 2. The maximum Gasteiger partial charge on any atom is 2.00 e. The van der Waals surface area contributed by atoms with Gasteiger partial charge in [-0.15, -0.1) is 0 Å². The second-order valence-electron chi connectivity index (χ2n) is 2.90. The van der Waals surface area contributed by atoms with Crippen LogP contribution in [0.4, 0.5) is 10.5 Å². The van der Waals surface area contributed by atoms with Crippen molar-refractivity contribution in [3.05, 3.63) is 72.5 Å². The average molecular weight is 456 g/mol. The number of anilines is 1. The van der Waals surface area contributed by atoms with Crippen molar-refractivity contribution in [2.75, 3.05) is 5.32 Å². The summed E-state index contributed by atoms with van der Waals surface area (Å²) in [6, 6.07) is 20.6. The maximum absolute atomic E-state index is 10.2. The van der Waals surface area contributed by atoms with Crippen LogP contribution in [0.1, 0.15) is 27.7 Å². The summed E-state index contributed by atoms with van der Waals surface area (Å²) in [5, 5.41) is 2.33. The van der Waals surface area contributed by atoms with E-state index < -0.39 is 6.03 Å². The third kappa shape index (κ3) is 18.4. The minimum Gasteiger partial charge on any atom is -0.447 e. The van der Waals surface area contributed by atoms with Crippen LogP contribution < -0.4 is 5.32 Å². The molecule has 2 amide bonds. The second kappa shape index (κ2) is 20.7. The van der Waals surface area contributed by atoms with E-state index in [0.29, 0.717) is 5.69 Å². The molecule has 0 unspecified atom stereocenters. The molecule has 2 aromatic rings. The maximum atomic E-state index is 10.2. The van der Waals surface area contributed by atoms with Gasteiger partial charge in [0, 0.05) is 0 Å². The van der Waals surface area contributed by atoms with Crippen molar-refractivity contribution >= 4 is 11.7 Å². The fourth-order valence-electron chi connectivity index (χ4n) is 0.995. The number of carbonyl (C=O) groups excluding carboxylic acids is 1. The van der Waals surface area contributed by atoms with E-state index >= 15 is 0 Å². The quantitative estimate of drug-likeness (QED) is 0.542. The van der Waals surface area contributed by atoms with Crippen LogP contribution in [-0.4, -0.2) is 6.03 Å². The SMILES string of the molecule is CC.CC.[NH-]C(=O)Nc1ccccc1.[W+2].[c-]1ccccc1. The normalized spacial score (nSPS) is 7.05. The molecule has 0 radical (unpaired) electrons. The molecular weight excluding hydrogens is 432 g/mol. The summed E-state index contributed by atoms with van der Waals surface area (Å²) in [5.41, 5.74) is 7.22. The van der Waals surface area contributed by atoms with Crippen LogP contribution in [0.5, 0.6) is 0 Å². The summed E-state index contributed by atoms with van der Waals surface area (Å²) in [6.45, 7) is 8.00. The number of benzene rings is 2. The fraction of sp³-hybridized carbons (Fsp3) is 0.235. The van der Waals surface area contributed by atoms with Gasteiger partial charge >= 0.3 is 21.1 Å². The molecule has 0 atom stereocenters. The van der Waals surface area contributed by atoms with Gasteiger partial charge in [0.25, 0.3) is 0 Å². The monoisotopic (exact) mass is 456 g/mol. The summed E-state index contributed by atoms with van der Waals surface area (Å²) in [6.07, 6.45) is 0. The Morgan fingerprint density at radius 2 is 1.33 bits per heavy atom. The summed E-state index contributed by atoms with van der Waals surface area (Å²) in [5.74, 6) is 0. The molecule has 0 aromatic heterocycles. The van der Waals surface area contributed by atoms with Gasteiger partial charge in [-0.05, 0) is 5.69 Å². The average Bonchev–Trinajstić information content (AvgIpc) is 2.54. The van der Waals surface area contributed by atoms with E-state index in [-0.39, 0.29) is 21.1 Å². The molecule has 21 heavy (non-hydrogen) atoms. The van der Waals surface area contributed by atoms with Crippen LogP contribution in [-0.2, 0) is 21.1 Å². The van der Waals surface area contributed by atoms with E-state index in [1.807, 2.05) is 64.1 Å². The van der Waals surface area contributed by atoms with Crippen molar-refractivity contribution in [3.8, 4) is 0 Å². The third-order valence-corrected chi connectivity index (χ3v) is 1.64. The topological polar surface area (TPSA) is 52.9 Å². The Labute approximate surface area is 143 Å². The Morgan fingerprint density at radius 3 is 1.62 bits per heavy atom. The Hall–Kier alpha value is -1.60. The first-order valence-corrected chi connectivity index (χ1v) is 6.78. The van der Waals surface area contributed by atoms with Gasteiger partial charge in [0.15, 0.2) is 6.03 Å². The molecule has 0 saturated heterocycles. The van der Waals surface area contributed by atoms with Crippen LogP contribution in [0.2, 0.25) is 0 Å². The predicted molar refractivity (Wildman–Crippen MR) is 87.8 cm³/mol. The van der Waals surface area contributed by atoms with Crippen LogP contribution >= 0.6 is 0 Å². The number of hydrogen-bond donors (Lipinski definition) is 1. The largest absolute Gasteiger partial charge is 2.00 e. The van der Waals surface area contributed by atoms with E-state index in [1.165, 1.54) is 0 Å². The number of amides is 2. The molecule has 0 fully saturated rings. The molecule has 0 aliphatic heterocycles. The van der Waals surface area contributed by atoms with Gasteiger partial charge in [-0.2, -0.15) is 36.4 Å². The minimum absolute atomic E-state index is 0. The van der Waals surface area contributed by atoms with Crippen molar-refractivity contribution in [2.24, 2.45) is 0 Å². The molecule has 0 spiro atoms. The first-order valence-electron chi connectivity index (χ1n) is 6.78. The molecule has 0 heterocycles. The number of urea groups is 1. The predicted octanol–water partition coefficient (Wildman–Crippen LogP) is 5.81. The first-order chi connectivity index (χ1) is 9.79. The van der Waals surface area contributed by atoms with E-state index in [9.17, 15) is 4.79 Å². The zero-order valence-electron chi connectivity index (χ0n) is 13.1. The zero-order chi connectivity index (χ0) is 15.6. The zero-order valence-corrected chi connectivity index (χ0v) is 16.0. The Bertz CT molecular complexity index is 381. The van der Waals surface area contributed by atoms with Crippen molar-refractivity contribution in [3.63, 3.8) is 0 Å². The Kier molecular flexibility index (Phi) is 24.1. The van der Waals surface area contributed by atoms with Gasteiger partial charge in [0.05, 0.1) is 0 Å². The van der Waals surface area contributed by atoms with E-state index in [4.69, 9.17) is 5.73 Å². The minimum atomic E-state index is -0.786. The smallest absolute Gasteiger partial charge is 0.447 e. The number of carbonyl (C=O) groups is 1. The number of hydrogen-bond acceptors (Lipinski definition) is 1. The molecule has 2 rings (SSSR count).